The molecule has 0 bridgehead atoms. The molecule has 0 N–H and O–H groups in total. The molecule has 148 valence electrons. The first-order valence-corrected chi connectivity index (χ1v) is 9.31. The van der Waals surface area contributed by atoms with E-state index in [2.05, 4.69) is 5.10 Å². The standard InChI is InChI=1S/C20H24N4O4/c1-4-28-20(27)23-12-10-22(11-13-23)19(26)18(25)17-14(2)21-24(15(17)3)16-8-6-5-7-9-16/h5-9H,4,10-13H2,1-3H3. The Balaban J connectivity index is 1.74. The zero-order valence-electron chi connectivity index (χ0n) is 16.3. The summed E-state index contributed by atoms with van der Waals surface area (Å²) in [4.78, 5) is 40.5. The van der Waals surface area contributed by atoms with Gasteiger partial charge in [-0.1, -0.05) is 18.2 Å². The smallest absolute Gasteiger partial charge is 0.409 e. The number of hydrogen-bond acceptors (Lipinski definition) is 5. The van der Waals surface area contributed by atoms with Gasteiger partial charge in [-0.2, -0.15) is 5.10 Å². The van der Waals surface area contributed by atoms with E-state index in [0.717, 1.165) is 5.69 Å². The van der Waals surface area contributed by atoms with Crippen LogP contribution in [0.5, 0.6) is 0 Å². The summed E-state index contributed by atoms with van der Waals surface area (Å²) in [7, 11) is 0. The molecule has 0 unspecified atom stereocenters. The Kier molecular flexibility index (Phi) is 5.77. The van der Waals surface area contributed by atoms with Crippen molar-refractivity contribution in [2.45, 2.75) is 20.8 Å². The van der Waals surface area contributed by atoms with E-state index in [1.165, 1.54) is 4.90 Å². The van der Waals surface area contributed by atoms with Crippen LogP contribution >= 0.6 is 0 Å². The molecule has 0 atom stereocenters. The summed E-state index contributed by atoms with van der Waals surface area (Å²) in [6.07, 6.45) is -0.392. The lowest BCUT2D eigenvalue weighted by Crippen LogP contribution is -2.52. The van der Waals surface area contributed by atoms with E-state index in [-0.39, 0.29) is 0 Å². The molecule has 0 aliphatic carbocycles. The molecule has 1 aromatic heterocycles. The van der Waals surface area contributed by atoms with Gasteiger partial charge in [0.05, 0.1) is 29.2 Å². The molecular weight excluding hydrogens is 360 g/mol. The monoisotopic (exact) mass is 384 g/mol. The van der Waals surface area contributed by atoms with Gasteiger partial charge in [0.25, 0.3) is 11.7 Å². The van der Waals surface area contributed by atoms with Gasteiger partial charge in [0.1, 0.15) is 0 Å². The number of ketones is 1. The average Bonchev–Trinajstić information content (AvgIpc) is 3.02. The van der Waals surface area contributed by atoms with Gasteiger partial charge in [0.2, 0.25) is 0 Å². The second-order valence-electron chi connectivity index (χ2n) is 6.60. The Morgan fingerprint density at radius 1 is 1.00 bits per heavy atom. The van der Waals surface area contributed by atoms with Crippen LogP contribution < -0.4 is 0 Å². The SMILES string of the molecule is CCOC(=O)N1CCN(C(=O)C(=O)c2c(C)nn(-c3ccccc3)c2C)CC1. The second kappa shape index (κ2) is 8.24. The van der Waals surface area contributed by atoms with E-state index in [9.17, 15) is 14.4 Å². The number of amides is 2. The molecule has 1 aliphatic rings. The highest BCUT2D eigenvalue weighted by Gasteiger charge is 2.32. The van der Waals surface area contributed by atoms with Crippen molar-refractivity contribution >= 4 is 17.8 Å². The van der Waals surface area contributed by atoms with Crippen LogP contribution in [0.15, 0.2) is 30.3 Å². The number of benzene rings is 1. The minimum atomic E-state index is -0.568. The van der Waals surface area contributed by atoms with Crippen molar-refractivity contribution in [1.82, 2.24) is 19.6 Å². The molecule has 2 heterocycles. The lowest BCUT2D eigenvalue weighted by atomic mass is 10.1. The zero-order valence-corrected chi connectivity index (χ0v) is 16.3. The summed E-state index contributed by atoms with van der Waals surface area (Å²) in [6.45, 7) is 6.86. The van der Waals surface area contributed by atoms with E-state index >= 15 is 0 Å². The maximum absolute atomic E-state index is 12.9. The van der Waals surface area contributed by atoms with Gasteiger partial charge in [0, 0.05) is 26.2 Å². The van der Waals surface area contributed by atoms with E-state index in [1.807, 2.05) is 30.3 Å². The molecule has 1 aliphatic heterocycles. The first kappa shape index (κ1) is 19.6. The summed E-state index contributed by atoms with van der Waals surface area (Å²) < 4.78 is 6.65. The Morgan fingerprint density at radius 2 is 1.61 bits per heavy atom. The molecule has 2 amide bonds. The van der Waals surface area contributed by atoms with E-state index in [1.54, 1.807) is 30.4 Å². The number of rotatable bonds is 4. The number of carbonyl (C=O) groups is 3. The number of ether oxygens (including phenoxy) is 1. The molecule has 8 nitrogen and oxygen atoms in total. The third-order valence-electron chi connectivity index (χ3n) is 4.81. The maximum atomic E-state index is 12.9. The molecule has 2 aromatic rings. The number of piperazine rings is 1. The van der Waals surface area contributed by atoms with Gasteiger partial charge < -0.3 is 14.5 Å². The van der Waals surface area contributed by atoms with E-state index in [0.29, 0.717) is 49.7 Å². The molecule has 0 spiro atoms. The van der Waals surface area contributed by atoms with Crippen molar-refractivity contribution in [2.24, 2.45) is 0 Å². The fourth-order valence-electron chi connectivity index (χ4n) is 3.35. The molecule has 28 heavy (non-hydrogen) atoms. The van der Waals surface area contributed by atoms with Crippen LogP contribution in [0.1, 0.15) is 28.7 Å². The highest BCUT2D eigenvalue weighted by molar-refractivity contribution is 6.43. The van der Waals surface area contributed by atoms with Crippen molar-refractivity contribution in [3.05, 3.63) is 47.3 Å². The van der Waals surface area contributed by atoms with E-state index < -0.39 is 17.8 Å². The Hall–Kier alpha value is -3.16. The predicted molar refractivity (Wildman–Crippen MR) is 103 cm³/mol. The number of nitrogens with zero attached hydrogens (tertiary/aromatic N) is 4. The lowest BCUT2D eigenvalue weighted by molar-refractivity contribution is -0.128. The molecule has 0 radical (unpaired) electrons. The molecule has 1 aromatic carbocycles. The minimum absolute atomic E-state index is 0.300. The van der Waals surface area contributed by atoms with Gasteiger partial charge in [-0.15, -0.1) is 0 Å². The zero-order chi connectivity index (χ0) is 20.3. The van der Waals surface area contributed by atoms with Crippen LogP contribution in [0, 0.1) is 13.8 Å². The molecular formula is C20H24N4O4. The second-order valence-corrected chi connectivity index (χ2v) is 6.60. The molecule has 0 saturated carbocycles. The highest BCUT2D eigenvalue weighted by Crippen LogP contribution is 2.19. The third kappa shape index (κ3) is 3.76. The van der Waals surface area contributed by atoms with Gasteiger partial charge >= 0.3 is 6.09 Å². The fraction of sp³-hybridized carbons (Fsp3) is 0.400. The molecule has 8 heteroatoms. The number of hydrogen-bond donors (Lipinski definition) is 0. The highest BCUT2D eigenvalue weighted by atomic mass is 16.6. The summed E-state index contributed by atoms with van der Waals surface area (Å²) in [5, 5.41) is 4.44. The number of aromatic nitrogens is 2. The Morgan fingerprint density at radius 3 is 2.21 bits per heavy atom. The largest absolute Gasteiger partial charge is 0.450 e. The lowest BCUT2D eigenvalue weighted by Gasteiger charge is -2.33. The van der Waals surface area contributed by atoms with Crippen molar-refractivity contribution < 1.29 is 19.1 Å². The van der Waals surface area contributed by atoms with Gasteiger partial charge in [-0.3, -0.25) is 9.59 Å². The van der Waals surface area contributed by atoms with Crippen molar-refractivity contribution in [3.8, 4) is 5.69 Å². The molecule has 3 rings (SSSR count). The number of para-hydroxylation sites is 1. The van der Waals surface area contributed by atoms with Crippen LogP contribution in [0.4, 0.5) is 4.79 Å². The van der Waals surface area contributed by atoms with Gasteiger partial charge in [-0.05, 0) is 32.9 Å². The maximum Gasteiger partial charge on any atom is 0.409 e. The summed E-state index contributed by atoms with van der Waals surface area (Å²) in [5.74, 6) is -1.14. The Bertz CT molecular complexity index is 883. The third-order valence-corrected chi connectivity index (χ3v) is 4.81. The fourth-order valence-corrected chi connectivity index (χ4v) is 3.35. The summed E-state index contributed by atoms with van der Waals surface area (Å²) in [6, 6.07) is 9.47. The summed E-state index contributed by atoms with van der Waals surface area (Å²) >= 11 is 0. The Labute approximate surface area is 163 Å². The molecule has 1 fully saturated rings. The number of carbonyl (C=O) groups excluding carboxylic acids is 3. The first-order valence-electron chi connectivity index (χ1n) is 9.31. The van der Waals surface area contributed by atoms with Crippen LogP contribution in [-0.2, 0) is 9.53 Å². The van der Waals surface area contributed by atoms with Crippen molar-refractivity contribution in [1.29, 1.82) is 0 Å². The number of Topliss-reactive ketones (excluding diaryl/α,β-unsaturated/α-hetero) is 1. The normalized spacial score (nSPS) is 14.1. The number of aryl methyl sites for hydroxylation is 1. The molecule has 1 saturated heterocycles. The minimum Gasteiger partial charge on any atom is -0.450 e. The van der Waals surface area contributed by atoms with Gasteiger partial charge in [0.15, 0.2) is 0 Å². The summed E-state index contributed by atoms with van der Waals surface area (Å²) in [5.41, 5.74) is 2.32. The van der Waals surface area contributed by atoms with Crippen LogP contribution in [0.3, 0.4) is 0 Å². The van der Waals surface area contributed by atoms with E-state index in [4.69, 9.17) is 4.74 Å². The average molecular weight is 384 g/mol. The van der Waals surface area contributed by atoms with Crippen LogP contribution in [0.2, 0.25) is 0 Å². The van der Waals surface area contributed by atoms with Crippen molar-refractivity contribution in [2.75, 3.05) is 32.8 Å². The first-order chi connectivity index (χ1) is 13.4. The predicted octanol–water partition coefficient (Wildman–Crippen LogP) is 1.97. The van der Waals surface area contributed by atoms with Crippen LogP contribution in [-0.4, -0.2) is 70.1 Å². The van der Waals surface area contributed by atoms with Crippen molar-refractivity contribution in [3.63, 3.8) is 0 Å². The van der Waals surface area contributed by atoms with Crippen LogP contribution in [0.25, 0.3) is 5.69 Å². The topological polar surface area (TPSA) is 84.7 Å². The van der Waals surface area contributed by atoms with Gasteiger partial charge in [-0.25, -0.2) is 9.48 Å². The quantitative estimate of drug-likeness (QED) is 0.594.